The van der Waals surface area contributed by atoms with Gasteiger partial charge in [-0.25, -0.2) is 15.2 Å². The number of carbonyl (C=O) groups excluding carboxylic acids is 1. The number of rotatable bonds is 6. The zero-order valence-electron chi connectivity index (χ0n) is 15.9. The molecule has 1 aromatic heterocycles. The van der Waals surface area contributed by atoms with Gasteiger partial charge in [-0.15, -0.1) is 0 Å². The van der Waals surface area contributed by atoms with Gasteiger partial charge in [0, 0.05) is 12.2 Å². The number of nitrogens with zero attached hydrogens (tertiary/aromatic N) is 2. The van der Waals surface area contributed by atoms with E-state index in [-0.39, 0.29) is 23.8 Å². The van der Waals surface area contributed by atoms with Gasteiger partial charge in [0.05, 0.1) is 25.5 Å². The number of hydrogen-bond acceptors (Lipinski definition) is 5. The number of carbonyl (C=O) groups is 1. The van der Waals surface area contributed by atoms with E-state index in [2.05, 4.69) is 21.3 Å². The lowest BCUT2D eigenvalue weighted by atomic mass is 10.0. The van der Waals surface area contributed by atoms with Gasteiger partial charge in [-0.05, 0) is 41.8 Å². The Morgan fingerprint density at radius 3 is 2.86 bits per heavy atom. The lowest BCUT2D eigenvalue weighted by molar-refractivity contribution is -0.117. The summed E-state index contributed by atoms with van der Waals surface area (Å²) in [7, 11) is 1.63. The first kappa shape index (κ1) is 19.1. The fourth-order valence-electron chi connectivity index (χ4n) is 3.35. The van der Waals surface area contributed by atoms with E-state index in [9.17, 15) is 9.18 Å². The Kier molecular flexibility index (Phi) is 5.55. The number of aromatic nitrogens is 2. The van der Waals surface area contributed by atoms with Gasteiger partial charge < -0.3 is 10.1 Å². The number of anilines is 1. The van der Waals surface area contributed by atoms with Crippen molar-refractivity contribution in [2.24, 2.45) is 0 Å². The highest BCUT2D eigenvalue weighted by molar-refractivity contribution is 5.94. The highest BCUT2D eigenvalue weighted by Crippen LogP contribution is 2.24. The average Bonchev–Trinajstić information content (AvgIpc) is 3.38. The molecule has 0 aliphatic carbocycles. The Morgan fingerprint density at radius 1 is 1.28 bits per heavy atom. The Bertz CT molecular complexity index is 989. The van der Waals surface area contributed by atoms with Gasteiger partial charge in [0.1, 0.15) is 17.6 Å². The molecule has 0 saturated carbocycles. The molecule has 1 saturated heterocycles. The maximum Gasteiger partial charge on any atom is 0.243 e. The van der Waals surface area contributed by atoms with Gasteiger partial charge in [0.2, 0.25) is 5.91 Å². The van der Waals surface area contributed by atoms with E-state index in [1.165, 1.54) is 12.1 Å². The molecule has 29 heavy (non-hydrogen) atoms. The number of halogens is 1. The second-order valence-electron chi connectivity index (χ2n) is 6.95. The Labute approximate surface area is 167 Å². The van der Waals surface area contributed by atoms with Crippen LogP contribution < -0.4 is 20.9 Å². The van der Waals surface area contributed by atoms with Gasteiger partial charge in [-0.1, -0.05) is 24.3 Å². The molecule has 1 aliphatic heterocycles. The minimum Gasteiger partial charge on any atom is -0.497 e. The van der Waals surface area contributed by atoms with Gasteiger partial charge in [0.25, 0.3) is 0 Å². The number of methoxy groups -OCH3 is 1. The van der Waals surface area contributed by atoms with Crippen molar-refractivity contribution in [1.82, 2.24) is 20.6 Å². The van der Waals surface area contributed by atoms with Crippen LogP contribution in [0.4, 0.5) is 10.1 Å². The molecule has 0 radical (unpaired) electrons. The van der Waals surface area contributed by atoms with Crippen molar-refractivity contribution in [3.63, 3.8) is 0 Å². The number of amides is 1. The molecule has 3 aromatic rings. The summed E-state index contributed by atoms with van der Waals surface area (Å²) in [6.07, 6.45) is 3.93. The first-order valence-corrected chi connectivity index (χ1v) is 9.33. The lowest BCUT2D eigenvalue weighted by Crippen LogP contribution is -2.39. The van der Waals surface area contributed by atoms with Crippen LogP contribution in [-0.2, 0) is 11.3 Å². The van der Waals surface area contributed by atoms with Crippen LogP contribution in [0.15, 0.2) is 60.9 Å². The number of nitrogens with one attached hydrogen (secondary N) is 3. The fraction of sp³-hybridized carbons (Fsp3) is 0.238. The molecule has 4 rings (SSSR count). The van der Waals surface area contributed by atoms with E-state index in [0.29, 0.717) is 18.7 Å². The lowest BCUT2D eigenvalue weighted by Gasteiger charge is -2.10. The van der Waals surface area contributed by atoms with Crippen LogP contribution in [0.1, 0.15) is 23.6 Å². The van der Waals surface area contributed by atoms with Gasteiger partial charge in [-0.2, -0.15) is 5.10 Å². The Balaban J connectivity index is 1.33. The molecule has 1 aliphatic rings. The van der Waals surface area contributed by atoms with E-state index in [4.69, 9.17) is 4.74 Å². The third-order valence-corrected chi connectivity index (χ3v) is 4.87. The molecular formula is C21H22FN5O2. The van der Waals surface area contributed by atoms with Crippen molar-refractivity contribution in [1.29, 1.82) is 0 Å². The zero-order valence-corrected chi connectivity index (χ0v) is 15.9. The molecule has 8 heteroatoms. The number of hydrazine groups is 1. The third kappa shape index (κ3) is 4.61. The summed E-state index contributed by atoms with van der Waals surface area (Å²) in [4.78, 5) is 12.6. The van der Waals surface area contributed by atoms with Gasteiger partial charge in [-0.3, -0.25) is 9.48 Å². The first-order valence-electron chi connectivity index (χ1n) is 9.33. The third-order valence-electron chi connectivity index (χ3n) is 4.87. The molecule has 7 nitrogen and oxygen atoms in total. The smallest absolute Gasteiger partial charge is 0.243 e. The quantitative estimate of drug-likeness (QED) is 0.598. The van der Waals surface area contributed by atoms with Crippen molar-refractivity contribution >= 4 is 11.6 Å². The molecular weight excluding hydrogens is 373 g/mol. The summed E-state index contributed by atoms with van der Waals surface area (Å²) in [5.41, 5.74) is 8.69. The summed E-state index contributed by atoms with van der Waals surface area (Å²) < 4.78 is 20.1. The van der Waals surface area contributed by atoms with Crippen molar-refractivity contribution in [2.45, 2.75) is 25.0 Å². The zero-order chi connectivity index (χ0) is 20.2. The number of hydrogen-bond donors (Lipinski definition) is 3. The second kappa shape index (κ2) is 8.42. The summed E-state index contributed by atoms with van der Waals surface area (Å²) >= 11 is 0. The SMILES string of the molecule is COc1ccc(C2CC(C(=O)Nc3cnn(Cc4cccc(F)c4)c3)NN2)cc1. The molecule has 3 N–H and O–H groups in total. The largest absolute Gasteiger partial charge is 0.497 e. The van der Waals surface area contributed by atoms with E-state index in [0.717, 1.165) is 16.9 Å². The predicted molar refractivity (Wildman–Crippen MR) is 107 cm³/mol. The molecule has 0 spiro atoms. The van der Waals surface area contributed by atoms with Crippen LogP contribution in [-0.4, -0.2) is 28.8 Å². The molecule has 2 unspecified atom stereocenters. The normalized spacial score (nSPS) is 18.6. The van der Waals surface area contributed by atoms with Crippen LogP contribution in [0.25, 0.3) is 0 Å². The van der Waals surface area contributed by atoms with E-state index in [1.54, 1.807) is 30.3 Å². The molecule has 2 aromatic carbocycles. The fourth-order valence-corrected chi connectivity index (χ4v) is 3.35. The standard InChI is InChI=1S/C21H22FN5O2/c1-29-18-7-5-15(6-8-18)19-10-20(26-25-19)21(28)24-17-11-23-27(13-17)12-14-3-2-4-16(22)9-14/h2-9,11,13,19-20,25-26H,10,12H2,1H3,(H,24,28). The number of ether oxygens (including phenoxy) is 1. The second-order valence-corrected chi connectivity index (χ2v) is 6.95. The summed E-state index contributed by atoms with van der Waals surface area (Å²) in [5.74, 6) is 0.373. The van der Waals surface area contributed by atoms with E-state index in [1.807, 2.05) is 30.3 Å². The Morgan fingerprint density at radius 2 is 2.10 bits per heavy atom. The molecule has 1 fully saturated rings. The summed E-state index contributed by atoms with van der Waals surface area (Å²) in [5, 5.41) is 7.10. The molecule has 1 amide bonds. The van der Waals surface area contributed by atoms with Crippen molar-refractivity contribution < 1.29 is 13.9 Å². The first-order chi connectivity index (χ1) is 14.1. The van der Waals surface area contributed by atoms with Crippen LogP contribution in [0.3, 0.4) is 0 Å². The van der Waals surface area contributed by atoms with Crippen molar-refractivity contribution in [2.75, 3.05) is 12.4 Å². The maximum atomic E-state index is 13.3. The van der Waals surface area contributed by atoms with E-state index >= 15 is 0 Å². The topological polar surface area (TPSA) is 80.2 Å². The summed E-state index contributed by atoms with van der Waals surface area (Å²) in [6, 6.07) is 13.8. The van der Waals surface area contributed by atoms with Gasteiger partial charge in [0.15, 0.2) is 0 Å². The minimum atomic E-state index is -0.367. The van der Waals surface area contributed by atoms with Crippen LogP contribution in [0.2, 0.25) is 0 Å². The van der Waals surface area contributed by atoms with Crippen LogP contribution in [0.5, 0.6) is 5.75 Å². The summed E-state index contributed by atoms with van der Waals surface area (Å²) in [6.45, 7) is 0.427. The molecule has 150 valence electrons. The number of benzene rings is 2. The van der Waals surface area contributed by atoms with Crippen molar-refractivity contribution in [3.05, 3.63) is 77.9 Å². The van der Waals surface area contributed by atoms with Gasteiger partial charge >= 0.3 is 0 Å². The highest BCUT2D eigenvalue weighted by atomic mass is 19.1. The van der Waals surface area contributed by atoms with Crippen LogP contribution >= 0.6 is 0 Å². The Hall–Kier alpha value is -3.23. The molecule has 2 heterocycles. The van der Waals surface area contributed by atoms with E-state index < -0.39 is 0 Å². The van der Waals surface area contributed by atoms with Crippen molar-refractivity contribution in [3.8, 4) is 5.75 Å². The van der Waals surface area contributed by atoms with Crippen LogP contribution in [0, 0.1) is 5.82 Å². The molecule has 0 bridgehead atoms. The monoisotopic (exact) mass is 395 g/mol. The maximum absolute atomic E-state index is 13.3. The average molecular weight is 395 g/mol. The minimum absolute atomic E-state index is 0.0346. The predicted octanol–water partition coefficient (Wildman–Crippen LogP) is 2.63. The molecule has 2 atom stereocenters. The highest BCUT2D eigenvalue weighted by Gasteiger charge is 2.30.